The SMILES string of the molecule is CC(C)=CC(=O)N(C)CCOc1cccc(F)c1. The highest BCUT2D eigenvalue weighted by Gasteiger charge is 2.05. The van der Waals surface area contributed by atoms with Gasteiger partial charge in [0.1, 0.15) is 18.2 Å². The monoisotopic (exact) mass is 251 g/mol. The minimum absolute atomic E-state index is 0.0576. The second-order valence-electron chi connectivity index (χ2n) is 4.29. The topological polar surface area (TPSA) is 29.5 Å². The number of nitrogens with zero attached hydrogens (tertiary/aromatic N) is 1. The highest BCUT2D eigenvalue weighted by molar-refractivity contribution is 5.87. The maximum Gasteiger partial charge on any atom is 0.246 e. The second kappa shape index (κ2) is 6.79. The van der Waals surface area contributed by atoms with Crippen LogP contribution in [0.4, 0.5) is 4.39 Å². The van der Waals surface area contributed by atoms with Crippen LogP contribution in [0.25, 0.3) is 0 Å². The van der Waals surface area contributed by atoms with Gasteiger partial charge in [-0.2, -0.15) is 0 Å². The maximum absolute atomic E-state index is 12.9. The molecule has 1 amide bonds. The number of halogens is 1. The molecule has 0 radical (unpaired) electrons. The van der Waals surface area contributed by atoms with E-state index in [1.165, 1.54) is 12.1 Å². The normalized spacial score (nSPS) is 9.78. The van der Waals surface area contributed by atoms with Crippen molar-refractivity contribution in [3.05, 3.63) is 41.7 Å². The van der Waals surface area contributed by atoms with Gasteiger partial charge < -0.3 is 9.64 Å². The van der Waals surface area contributed by atoms with Gasteiger partial charge in [0.2, 0.25) is 5.91 Å². The molecule has 4 heteroatoms. The first-order valence-electron chi connectivity index (χ1n) is 5.77. The molecule has 0 aromatic heterocycles. The van der Waals surface area contributed by atoms with E-state index in [2.05, 4.69) is 0 Å². The molecular weight excluding hydrogens is 233 g/mol. The van der Waals surface area contributed by atoms with E-state index < -0.39 is 0 Å². The first-order chi connectivity index (χ1) is 8.49. The van der Waals surface area contributed by atoms with Gasteiger partial charge in [-0.15, -0.1) is 0 Å². The van der Waals surface area contributed by atoms with Gasteiger partial charge in [-0.3, -0.25) is 4.79 Å². The Morgan fingerprint density at radius 3 is 2.78 bits per heavy atom. The smallest absolute Gasteiger partial charge is 0.246 e. The zero-order chi connectivity index (χ0) is 13.5. The van der Waals surface area contributed by atoms with Gasteiger partial charge in [-0.1, -0.05) is 11.6 Å². The minimum atomic E-state index is -0.332. The summed E-state index contributed by atoms with van der Waals surface area (Å²) in [5.74, 6) is 0.0809. The molecule has 18 heavy (non-hydrogen) atoms. The molecule has 0 aliphatic rings. The summed E-state index contributed by atoms with van der Waals surface area (Å²) in [7, 11) is 1.71. The number of ether oxygens (including phenoxy) is 1. The number of carbonyl (C=O) groups excluding carboxylic acids is 1. The average molecular weight is 251 g/mol. The third-order valence-corrected chi connectivity index (χ3v) is 2.28. The van der Waals surface area contributed by atoms with Crippen LogP contribution in [0.2, 0.25) is 0 Å². The second-order valence-corrected chi connectivity index (χ2v) is 4.29. The van der Waals surface area contributed by atoms with E-state index in [1.54, 1.807) is 30.2 Å². The molecule has 0 aliphatic heterocycles. The first kappa shape index (κ1) is 14.2. The summed E-state index contributed by atoms with van der Waals surface area (Å²) >= 11 is 0. The van der Waals surface area contributed by atoms with Gasteiger partial charge in [0.05, 0.1) is 6.54 Å². The van der Waals surface area contributed by atoms with Crippen molar-refractivity contribution in [3.63, 3.8) is 0 Å². The molecule has 0 fully saturated rings. The molecule has 0 saturated heterocycles. The van der Waals surface area contributed by atoms with Crippen LogP contribution in [0.5, 0.6) is 5.75 Å². The summed E-state index contributed by atoms with van der Waals surface area (Å²) in [5.41, 5.74) is 0.956. The van der Waals surface area contributed by atoms with Crippen molar-refractivity contribution in [2.75, 3.05) is 20.2 Å². The predicted molar refractivity (Wildman–Crippen MR) is 69.0 cm³/mol. The lowest BCUT2D eigenvalue weighted by molar-refractivity contribution is -0.125. The average Bonchev–Trinajstić information content (AvgIpc) is 2.28. The lowest BCUT2D eigenvalue weighted by atomic mass is 10.3. The molecule has 0 saturated carbocycles. The van der Waals surface area contributed by atoms with Crippen LogP contribution in [-0.2, 0) is 4.79 Å². The molecule has 0 atom stereocenters. The van der Waals surface area contributed by atoms with Crippen molar-refractivity contribution in [1.82, 2.24) is 4.90 Å². The summed E-state index contributed by atoms with van der Waals surface area (Å²) in [6, 6.07) is 5.94. The van der Waals surface area contributed by atoms with Gasteiger partial charge in [0.25, 0.3) is 0 Å². The fourth-order valence-corrected chi connectivity index (χ4v) is 1.32. The van der Waals surface area contributed by atoms with Crippen molar-refractivity contribution in [2.45, 2.75) is 13.8 Å². The highest BCUT2D eigenvalue weighted by atomic mass is 19.1. The largest absolute Gasteiger partial charge is 0.492 e. The van der Waals surface area contributed by atoms with Gasteiger partial charge in [-0.05, 0) is 26.0 Å². The van der Waals surface area contributed by atoms with Gasteiger partial charge in [0, 0.05) is 19.2 Å². The number of hydrogen-bond donors (Lipinski definition) is 0. The number of benzene rings is 1. The standard InChI is InChI=1S/C14H18FNO2/c1-11(2)9-14(17)16(3)7-8-18-13-6-4-5-12(15)10-13/h4-6,9-10H,7-8H2,1-3H3. The van der Waals surface area contributed by atoms with Crippen LogP contribution in [0, 0.1) is 5.82 Å². The number of allylic oxidation sites excluding steroid dienone is 1. The van der Waals surface area contributed by atoms with Crippen molar-refractivity contribution >= 4 is 5.91 Å². The lowest BCUT2D eigenvalue weighted by Gasteiger charge is -2.15. The highest BCUT2D eigenvalue weighted by Crippen LogP contribution is 2.11. The third-order valence-electron chi connectivity index (χ3n) is 2.28. The molecule has 0 aliphatic carbocycles. The van der Waals surface area contributed by atoms with E-state index >= 15 is 0 Å². The van der Waals surface area contributed by atoms with Crippen molar-refractivity contribution in [1.29, 1.82) is 0 Å². The Bertz CT molecular complexity index is 439. The van der Waals surface area contributed by atoms with Gasteiger partial charge in [-0.25, -0.2) is 4.39 Å². The van der Waals surface area contributed by atoms with Crippen molar-refractivity contribution < 1.29 is 13.9 Å². The fraction of sp³-hybridized carbons (Fsp3) is 0.357. The Labute approximate surface area is 107 Å². The summed E-state index contributed by atoms with van der Waals surface area (Å²) < 4.78 is 18.2. The summed E-state index contributed by atoms with van der Waals surface area (Å²) in [6.07, 6.45) is 1.57. The van der Waals surface area contributed by atoms with Crippen LogP contribution in [-0.4, -0.2) is 31.0 Å². The quantitative estimate of drug-likeness (QED) is 0.753. The molecule has 1 rings (SSSR count). The van der Waals surface area contributed by atoms with Gasteiger partial charge >= 0.3 is 0 Å². The number of rotatable bonds is 5. The van der Waals surface area contributed by atoms with Gasteiger partial charge in [0.15, 0.2) is 0 Å². The van der Waals surface area contributed by atoms with E-state index in [9.17, 15) is 9.18 Å². The molecule has 98 valence electrons. The number of hydrogen-bond acceptors (Lipinski definition) is 2. The molecular formula is C14H18FNO2. The zero-order valence-corrected chi connectivity index (χ0v) is 10.9. The first-order valence-corrected chi connectivity index (χ1v) is 5.77. The zero-order valence-electron chi connectivity index (χ0n) is 10.9. The number of amides is 1. The molecule has 1 aromatic rings. The van der Waals surface area contributed by atoms with E-state index in [4.69, 9.17) is 4.74 Å². The molecule has 0 bridgehead atoms. The van der Waals surface area contributed by atoms with Crippen molar-refractivity contribution in [2.24, 2.45) is 0 Å². The number of likely N-dealkylation sites (N-methyl/N-ethyl adjacent to an activating group) is 1. The number of carbonyl (C=O) groups is 1. The molecule has 0 unspecified atom stereocenters. The molecule has 3 nitrogen and oxygen atoms in total. The predicted octanol–water partition coefficient (Wildman–Crippen LogP) is 2.63. The van der Waals surface area contributed by atoms with E-state index in [0.29, 0.717) is 18.9 Å². The summed E-state index contributed by atoms with van der Waals surface area (Å²) in [6.45, 7) is 4.53. The van der Waals surface area contributed by atoms with Crippen LogP contribution < -0.4 is 4.74 Å². The van der Waals surface area contributed by atoms with Crippen LogP contribution >= 0.6 is 0 Å². The Balaban J connectivity index is 2.38. The summed E-state index contributed by atoms with van der Waals surface area (Å²) in [4.78, 5) is 13.1. The van der Waals surface area contributed by atoms with E-state index in [0.717, 1.165) is 5.57 Å². The van der Waals surface area contributed by atoms with Crippen LogP contribution in [0.1, 0.15) is 13.8 Å². The van der Waals surface area contributed by atoms with Crippen LogP contribution in [0.3, 0.4) is 0 Å². The Kier molecular flexibility index (Phi) is 5.36. The molecule has 0 spiro atoms. The third kappa shape index (κ3) is 4.99. The fourth-order valence-electron chi connectivity index (χ4n) is 1.32. The molecule has 1 aromatic carbocycles. The lowest BCUT2D eigenvalue weighted by Crippen LogP contribution is -2.29. The molecule has 0 N–H and O–H groups in total. The maximum atomic E-state index is 12.9. The Morgan fingerprint density at radius 1 is 1.44 bits per heavy atom. The minimum Gasteiger partial charge on any atom is -0.492 e. The van der Waals surface area contributed by atoms with E-state index in [1.807, 2.05) is 13.8 Å². The van der Waals surface area contributed by atoms with Crippen molar-refractivity contribution in [3.8, 4) is 5.75 Å². The van der Waals surface area contributed by atoms with Crippen LogP contribution in [0.15, 0.2) is 35.9 Å². The Morgan fingerprint density at radius 2 is 2.17 bits per heavy atom. The Hall–Kier alpha value is -1.84. The molecule has 0 heterocycles. The van der Waals surface area contributed by atoms with E-state index in [-0.39, 0.29) is 11.7 Å². The summed E-state index contributed by atoms with van der Waals surface area (Å²) in [5, 5.41) is 0.